The Balaban J connectivity index is 1.50. The smallest absolute Gasteiger partial charge is 0.256 e. The number of anilines is 1. The summed E-state index contributed by atoms with van der Waals surface area (Å²) in [4.78, 5) is 17.7. The number of H-pyrrole nitrogens is 1. The van der Waals surface area contributed by atoms with Crippen molar-refractivity contribution in [3.8, 4) is 22.4 Å². The van der Waals surface area contributed by atoms with Crippen molar-refractivity contribution in [1.82, 2.24) is 4.98 Å². The average molecular weight is 487 g/mol. The molecule has 5 rings (SSSR count). The fraction of sp³-hybridized carbons (Fsp3) is 0.0357. The summed E-state index contributed by atoms with van der Waals surface area (Å²) in [6, 6.07) is 27.2. The van der Waals surface area contributed by atoms with Gasteiger partial charge in [-0.15, -0.1) is 11.8 Å². The van der Waals surface area contributed by atoms with E-state index in [0.717, 1.165) is 27.1 Å². The van der Waals surface area contributed by atoms with Crippen molar-refractivity contribution in [1.29, 1.82) is 0 Å². The number of aromatic nitrogens is 1. The van der Waals surface area contributed by atoms with Crippen LogP contribution in [0.3, 0.4) is 0 Å². The molecule has 1 heterocycles. The maximum atomic E-state index is 13.9. The molecule has 0 aliphatic heterocycles. The summed E-state index contributed by atoms with van der Waals surface area (Å²) in [7, 11) is 0. The average Bonchev–Trinajstić information content (AvgIpc) is 3.29. The molecule has 0 unspecified atom stereocenters. The van der Waals surface area contributed by atoms with Crippen molar-refractivity contribution in [3.05, 3.63) is 107 Å². The molecule has 6 heteroatoms. The van der Waals surface area contributed by atoms with E-state index in [0.29, 0.717) is 27.4 Å². The minimum atomic E-state index is -0.348. The van der Waals surface area contributed by atoms with Gasteiger partial charge in [0.25, 0.3) is 5.91 Å². The SMILES string of the molecule is CSc1ccc(C(=O)Nc2ccc(Cl)c(-c3cc4ccccc4[nH]3)c2)c(-c2cccc(F)c2)c1. The number of halogens is 2. The lowest BCUT2D eigenvalue weighted by atomic mass is 9.99. The number of benzene rings is 4. The Hall–Kier alpha value is -3.54. The zero-order valence-corrected chi connectivity index (χ0v) is 19.8. The molecule has 3 nitrogen and oxygen atoms in total. The van der Waals surface area contributed by atoms with Gasteiger partial charge in [0.05, 0.1) is 5.02 Å². The molecule has 0 saturated carbocycles. The van der Waals surface area contributed by atoms with E-state index in [9.17, 15) is 9.18 Å². The van der Waals surface area contributed by atoms with Crippen LogP contribution in [0.25, 0.3) is 33.3 Å². The standard InChI is InChI=1S/C28H20ClFN2OS/c1-34-21-10-11-22(23(16-21)17-6-4-7-19(30)13-17)28(33)31-20-9-12-25(29)24(15-20)27-14-18-5-2-3-8-26(18)32-27/h2-16,32H,1H3,(H,31,33). The third-order valence-electron chi connectivity index (χ3n) is 5.65. The molecule has 34 heavy (non-hydrogen) atoms. The fourth-order valence-corrected chi connectivity index (χ4v) is 4.63. The monoisotopic (exact) mass is 486 g/mol. The molecule has 1 aromatic heterocycles. The quantitative estimate of drug-likeness (QED) is 0.245. The number of amides is 1. The first kappa shape index (κ1) is 22.3. The van der Waals surface area contributed by atoms with Gasteiger partial charge >= 0.3 is 0 Å². The molecule has 0 fully saturated rings. The fourth-order valence-electron chi connectivity index (χ4n) is 3.97. The zero-order chi connectivity index (χ0) is 23.7. The third-order valence-corrected chi connectivity index (χ3v) is 6.71. The highest BCUT2D eigenvalue weighted by Gasteiger charge is 2.16. The van der Waals surface area contributed by atoms with E-state index in [1.807, 2.05) is 54.8 Å². The normalized spacial score (nSPS) is 11.0. The van der Waals surface area contributed by atoms with Crippen LogP contribution in [0.2, 0.25) is 5.02 Å². The summed E-state index contributed by atoms with van der Waals surface area (Å²) in [5.74, 6) is -0.629. The summed E-state index contributed by atoms with van der Waals surface area (Å²) in [5, 5.41) is 4.64. The van der Waals surface area contributed by atoms with Gasteiger partial charge in [0.1, 0.15) is 5.82 Å². The molecule has 0 saturated heterocycles. The summed E-state index contributed by atoms with van der Waals surface area (Å²) >= 11 is 8.06. The van der Waals surface area contributed by atoms with Crippen molar-refractivity contribution in [2.24, 2.45) is 0 Å². The lowest BCUT2D eigenvalue weighted by Gasteiger charge is -2.13. The van der Waals surface area contributed by atoms with Crippen LogP contribution in [0.15, 0.2) is 95.9 Å². The van der Waals surface area contributed by atoms with Crippen molar-refractivity contribution >= 4 is 45.9 Å². The highest BCUT2D eigenvalue weighted by molar-refractivity contribution is 7.98. The molecule has 0 aliphatic rings. The van der Waals surface area contributed by atoms with Gasteiger partial charge in [0.15, 0.2) is 0 Å². The topological polar surface area (TPSA) is 44.9 Å². The van der Waals surface area contributed by atoms with Crippen molar-refractivity contribution in [2.45, 2.75) is 4.90 Å². The van der Waals surface area contributed by atoms with Crippen molar-refractivity contribution in [2.75, 3.05) is 11.6 Å². The van der Waals surface area contributed by atoms with Crippen LogP contribution in [-0.4, -0.2) is 17.1 Å². The summed E-state index contributed by atoms with van der Waals surface area (Å²) < 4.78 is 13.9. The molecule has 4 aromatic carbocycles. The Morgan fingerprint density at radius 2 is 1.76 bits per heavy atom. The molecule has 0 bridgehead atoms. The van der Waals surface area contributed by atoms with Gasteiger partial charge in [-0.05, 0) is 78.0 Å². The van der Waals surface area contributed by atoms with E-state index in [4.69, 9.17) is 11.6 Å². The van der Waals surface area contributed by atoms with Crippen LogP contribution in [0.4, 0.5) is 10.1 Å². The molecule has 0 spiro atoms. The van der Waals surface area contributed by atoms with E-state index in [-0.39, 0.29) is 11.7 Å². The second-order valence-electron chi connectivity index (χ2n) is 7.84. The first-order valence-corrected chi connectivity index (χ1v) is 12.2. The van der Waals surface area contributed by atoms with Crippen LogP contribution in [0.5, 0.6) is 0 Å². The number of fused-ring (bicyclic) bond motifs is 1. The van der Waals surface area contributed by atoms with E-state index in [1.165, 1.54) is 12.1 Å². The number of para-hydroxylation sites is 1. The predicted molar refractivity (Wildman–Crippen MR) is 140 cm³/mol. The van der Waals surface area contributed by atoms with E-state index in [2.05, 4.69) is 10.3 Å². The molecular weight excluding hydrogens is 467 g/mol. The number of aromatic amines is 1. The van der Waals surface area contributed by atoms with Gasteiger partial charge in [-0.2, -0.15) is 0 Å². The van der Waals surface area contributed by atoms with Crippen LogP contribution in [0.1, 0.15) is 10.4 Å². The van der Waals surface area contributed by atoms with Crippen LogP contribution < -0.4 is 5.32 Å². The Bertz CT molecular complexity index is 1500. The highest BCUT2D eigenvalue weighted by atomic mass is 35.5. The highest BCUT2D eigenvalue weighted by Crippen LogP contribution is 2.33. The Morgan fingerprint density at radius 3 is 2.56 bits per heavy atom. The Kier molecular flexibility index (Phi) is 6.14. The summed E-state index contributed by atoms with van der Waals surface area (Å²) in [6.07, 6.45) is 1.96. The maximum absolute atomic E-state index is 13.9. The van der Waals surface area contributed by atoms with E-state index in [1.54, 1.807) is 42.1 Å². The molecule has 168 valence electrons. The molecule has 0 atom stereocenters. The van der Waals surface area contributed by atoms with Crippen LogP contribution in [0, 0.1) is 5.82 Å². The molecule has 0 radical (unpaired) electrons. The van der Waals surface area contributed by atoms with E-state index < -0.39 is 0 Å². The Morgan fingerprint density at radius 1 is 0.912 bits per heavy atom. The molecule has 1 amide bonds. The molecule has 5 aromatic rings. The third kappa shape index (κ3) is 4.45. The van der Waals surface area contributed by atoms with Gasteiger partial charge in [0.2, 0.25) is 0 Å². The van der Waals surface area contributed by atoms with Gasteiger partial charge in [0, 0.05) is 38.3 Å². The van der Waals surface area contributed by atoms with Crippen LogP contribution in [-0.2, 0) is 0 Å². The lowest BCUT2D eigenvalue weighted by Crippen LogP contribution is -2.13. The van der Waals surface area contributed by atoms with E-state index >= 15 is 0 Å². The first-order chi connectivity index (χ1) is 16.5. The second kappa shape index (κ2) is 9.37. The minimum absolute atomic E-state index is 0.281. The lowest BCUT2D eigenvalue weighted by molar-refractivity contribution is 0.102. The molecule has 2 N–H and O–H groups in total. The number of hydrogen-bond donors (Lipinski definition) is 2. The minimum Gasteiger partial charge on any atom is -0.354 e. The number of carbonyl (C=O) groups excluding carboxylic acids is 1. The van der Waals surface area contributed by atoms with Crippen LogP contribution >= 0.6 is 23.4 Å². The maximum Gasteiger partial charge on any atom is 0.256 e. The van der Waals surface area contributed by atoms with Gasteiger partial charge in [-0.3, -0.25) is 4.79 Å². The number of thioether (sulfide) groups is 1. The van der Waals surface area contributed by atoms with Gasteiger partial charge in [-0.25, -0.2) is 4.39 Å². The number of carbonyl (C=O) groups is 1. The van der Waals surface area contributed by atoms with Gasteiger partial charge < -0.3 is 10.3 Å². The first-order valence-electron chi connectivity index (χ1n) is 10.6. The zero-order valence-electron chi connectivity index (χ0n) is 18.2. The summed E-state index contributed by atoms with van der Waals surface area (Å²) in [6.45, 7) is 0. The number of nitrogens with one attached hydrogen (secondary N) is 2. The largest absolute Gasteiger partial charge is 0.354 e. The molecule has 0 aliphatic carbocycles. The number of hydrogen-bond acceptors (Lipinski definition) is 2. The number of rotatable bonds is 5. The second-order valence-corrected chi connectivity index (χ2v) is 9.13. The summed E-state index contributed by atoms with van der Waals surface area (Å²) in [5.41, 5.74) is 5.07. The Labute approximate surface area is 206 Å². The van der Waals surface area contributed by atoms with Crippen molar-refractivity contribution in [3.63, 3.8) is 0 Å². The van der Waals surface area contributed by atoms with Gasteiger partial charge in [-0.1, -0.05) is 41.9 Å². The molecular formula is C28H20ClFN2OS. The predicted octanol–water partition coefficient (Wildman–Crippen LogP) is 8.27. The van der Waals surface area contributed by atoms with Crippen molar-refractivity contribution < 1.29 is 9.18 Å².